The van der Waals surface area contributed by atoms with E-state index < -0.39 is 6.10 Å². The first-order valence-corrected chi connectivity index (χ1v) is 10.9. The number of hydrogen-bond donors (Lipinski definition) is 0. The van der Waals surface area contributed by atoms with E-state index in [9.17, 15) is 9.59 Å². The number of hydrogen-bond acceptors (Lipinski definition) is 5. The van der Waals surface area contributed by atoms with Gasteiger partial charge in [-0.1, -0.05) is 25.3 Å². The topological polar surface area (TPSA) is 72.0 Å². The molecule has 3 aliphatic rings. The van der Waals surface area contributed by atoms with Crippen molar-refractivity contribution in [2.45, 2.75) is 69.8 Å². The van der Waals surface area contributed by atoms with E-state index in [2.05, 4.69) is 4.98 Å². The highest BCUT2D eigenvalue weighted by molar-refractivity contribution is 5.87. The number of amides is 2. The number of carbonyl (C=O) groups is 2. The number of ether oxygens (including phenoxy) is 2. The van der Waals surface area contributed by atoms with Crippen molar-refractivity contribution in [1.29, 1.82) is 0 Å². The Hall–Kier alpha value is -1.99. The van der Waals surface area contributed by atoms with Crippen molar-refractivity contribution in [3.05, 3.63) is 30.1 Å². The van der Waals surface area contributed by atoms with Crippen LogP contribution in [0.5, 0.6) is 0 Å². The van der Waals surface area contributed by atoms with Crippen LogP contribution >= 0.6 is 0 Å². The molecule has 2 aliphatic heterocycles. The Morgan fingerprint density at radius 2 is 2.03 bits per heavy atom. The highest BCUT2D eigenvalue weighted by atomic mass is 16.5. The van der Waals surface area contributed by atoms with E-state index in [1.807, 2.05) is 17.0 Å². The molecule has 0 bridgehead atoms. The summed E-state index contributed by atoms with van der Waals surface area (Å²) in [6.07, 6.45) is 10.2. The molecule has 0 spiro atoms. The van der Waals surface area contributed by atoms with Gasteiger partial charge in [0, 0.05) is 38.1 Å². The minimum atomic E-state index is -0.414. The molecule has 2 saturated heterocycles. The van der Waals surface area contributed by atoms with Crippen LogP contribution in [0.15, 0.2) is 24.5 Å². The molecule has 0 N–H and O–H groups in total. The Balaban J connectivity index is 1.48. The van der Waals surface area contributed by atoms with Crippen molar-refractivity contribution in [1.82, 2.24) is 14.8 Å². The van der Waals surface area contributed by atoms with Gasteiger partial charge < -0.3 is 19.3 Å². The van der Waals surface area contributed by atoms with Gasteiger partial charge in [-0.15, -0.1) is 0 Å². The molecule has 7 heteroatoms. The molecule has 0 unspecified atom stereocenters. The highest BCUT2D eigenvalue weighted by Gasteiger charge is 2.37. The van der Waals surface area contributed by atoms with Crippen LogP contribution in [0.1, 0.15) is 50.5 Å². The predicted octanol–water partition coefficient (Wildman–Crippen LogP) is 2.15. The molecular formula is C22H31N3O4. The second kappa shape index (κ2) is 9.67. The SMILES string of the molecule is O=C([C@@H]1CCCO1)N1CC(=O)N(C2CCCCC2)C[C@@H](OCc2cccnc2)C1. The predicted molar refractivity (Wildman–Crippen MR) is 107 cm³/mol. The Morgan fingerprint density at radius 3 is 2.76 bits per heavy atom. The molecular weight excluding hydrogens is 370 g/mol. The van der Waals surface area contributed by atoms with Gasteiger partial charge in [-0.05, 0) is 37.3 Å². The van der Waals surface area contributed by atoms with Crippen LogP contribution in [-0.4, -0.2) is 71.1 Å². The summed E-state index contributed by atoms with van der Waals surface area (Å²) in [5.41, 5.74) is 0.990. The van der Waals surface area contributed by atoms with Gasteiger partial charge in [0.2, 0.25) is 5.91 Å². The maximum Gasteiger partial charge on any atom is 0.252 e. The highest BCUT2D eigenvalue weighted by Crippen LogP contribution is 2.25. The fraction of sp³-hybridized carbons (Fsp3) is 0.682. The molecule has 29 heavy (non-hydrogen) atoms. The van der Waals surface area contributed by atoms with E-state index in [1.165, 1.54) is 6.42 Å². The van der Waals surface area contributed by atoms with Crippen molar-refractivity contribution >= 4 is 11.8 Å². The molecule has 1 aromatic rings. The Bertz CT molecular complexity index is 687. The molecule has 2 amide bonds. The Kier molecular flexibility index (Phi) is 6.77. The fourth-order valence-corrected chi connectivity index (χ4v) is 4.64. The summed E-state index contributed by atoms with van der Waals surface area (Å²) in [7, 11) is 0. The molecule has 3 heterocycles. The molecule has 7 nitrogen and oxygen atoms in total. The van der Waals surface area contributed by atoms with Gasteiger partial charge in [-0.2, -0.15) is 0 Å². The number of rotatable bonds is 5. The van der Waals surface area contributed by atoms with Gasteiger partial charge in [0.1, 0.15) is 6.10 Å². The lowest BCUT2D eigenvalue weighted by Crippen LogP contribution is -2.46. The molecule has 3 fully saturated rings. The summed E-state index contributed by atoms with van der Waals surface area (Å²) in [6, 6.07) is 4.12. The standard InChI is InChI=1S/C22H31N3O4/c26-21-15-24(22(27)20-9-5-11-28-20)13-19(29-16-17-6-4-10-23-12-17)14-25(21)18-7-2-1-3-8-18/h4,6,10,12,18-20H,1-3,5,7-9,11,13-16H2/t19-,20-/m0/s1. The summed E-state index contributed by atoms with van der Waals surface area (Å²) in [6.45, 7) is 2.13. The van der Waals surface area contributed by atoms with Crippen LogP contribution in [-0.2, 0) is 25.7 Å². The van der Waals surface area contributed by atoms with Gasteiger partial charge in [0.15, 0.2) is 0 Å². The minimum absolute atomic E-state index is 0.0377. The summed E-state index contributed by atoms with van der Waals surface area (Å²) < 4.78 is 11.8. The van der Waals surface area contributed by atoms with Crippen molar-refractivity contribution in [2.75, 3.05) is 26.2 Å². The van der Waals surface area contributed by atoms with Gasteiger partial charge in [-0.25, -0.2) is 0 Å². The molecule has 1 saturated carbocycles. The molecule has 4 rings (SSSR count). The van der Waals surface area contributed by atoms with Gasteiger partial charge in [0.25, 0.3) is 5.91 Å². The number of nitrogens with zero attached hydrogens (tertiary/aromatic N) is 3. The lowest BCUT2D eigenvalue weighted by atomic mass is 9.94. The largest absolute Gasteiger partial charge is 0.370 e. The average molecular weight is 402 g/mol. The van der Waals surface area contributed by atoms with E-state index >= 15 is 0 Å². The van der Waals surface area contributed by atoms with E-state index in [1.54, 1.807) is 17.3 Å². The fourth-order valence-electron chi connectivity index (χ4n) is 4.64. The zero-order chi connectivity index (χ0) is 20.1. The smallest absolute Gasteiger partial charge is 0.252 e. The maximum atomic E-state index is 13.1. The third-order valence-corrected chi connectivity index (χ3v) is 6.21. The van der Waals surface area contributed by atoms with E-state index in [0.29, 0.717) is 26.3 Å². The first kappa shape index (κ1) is 20.3. The number of carbonyl (C=O) groups excluding carboxylic acids is 2. The summed E-state index contributed by atoms with van der Waals surface area (Å²) in [5.74, 6) is -0.0351. The first-order valence-electron chi connectivity index (χ1n) is 10.9. The lowest BCUT2D eigenvalue weighted by Gasteiger charge is -2.34. The van der Waals surface area contributed by atoms with Crippen LogP contribution in [0, 0.1) is 0 Å². The minimum Gasteiger partial charge on any atom is -0.370 e. The van der Waals surface area contributed by atoms with Crippen LogP contribution < -0.4 is 0 Å². The molecule has 0 radical (unpaired) electrons. The lowest BCUT2D eigenvalue weighted by molar-refractivity contribution is -0.146. The van der Waals surface area contributed by atoms with E-state index in [0.717, 1.165) is 44.1 Å². The van der Waals surface area contributed by atoms with Gasteiger partial charge in [-0.3, -0.25) is 14.6 Å². The number of aromatic nitrogens is 1. The van der Waals surface area contributed by atoms with Crippen LogP contribution in [0.3, 0.4) is 0 Å². The maximum absolute atomic E-state index is 13.1. The van der Waals surface area contributed by atoms with Crippen molar-refractivity contribution in [2.24, 2.45) is 0 Å². The molecule has 2 atom stereocenters. The van der Waals surface area contributed by atoms with Crippen LogP contribution in [0.25, 0.3) is 0 Å². The molecule has 158 valence electrons. The Labute approximate surface area is 172 Å². The average Bonchev–Trinajstić information content (AvgIpc) is 3.24. The van der Waals surface area contributed by atoms with Crippen molar-refractivity contribution in [3.8, 4) is 0 Å². The molecule has 0 aromatic carbocycles. The third kappa shape index (κ3) is 5.14. The van der Waals surface area contributed by atoms with E-state index in [-0.39, 0.29) is 30.5 Å². The summed E-state index contributed by atoms with van der Waals surface area (Å²) >= 11 is 0. The van der Waals surface area contributed by atoms with Crippen LogP contribution in [0.4, 0.5) is 0 Å². The zero-order valence-electron chi connectivity index (χ0n) is 17.0. The quantitative estimate of drug-likeness (QED) is 0.756. The van der Waals surface area contributed by atoms with Crippen molar-refractivity contribution in [3.63, 3.8) is 0 Å². The molecule has 1 aliphatic carbocycles. The molecule has 1 aromatic heterocycles. The third-order valence-electron chi connectivity index (χ3n) is 6.21. The zero-order valence-corrected chi connectivity index (χ0v) is 17.0. The number of pyridine rings is 1. The van der Waals surface area contributed by atoms with Crippen molar-refractivity contribution < 1.29 is 19.1 Å². The van der Waals surface area contributed by atoms with Gasteiger partial charge >= 0.3 is 0 Å². The van der Waals surface area contributed by atoms with Crippen LogP contribution in [0.2, 0.25) is 0 Å². The van der Waals surface area contributed by atoms with Gasteiger partial charge in [0.05, 0.1) is 19.3 Å². The summed E-state index contributed by atoms with van der Waals surface area (Å²) in [4.78, 5) is 33.8. The normalized spacial score (nSPS) is 26.6. The second-order valence-corrected chi connectivity index (χ2v) is 8.35. The monoisotopic (exact) mass is 401 g/mol. The second-order valence-electron chi connectivity index (χ2n) is 8.35. The first-order chi connectivity index (χ1) is 14.2. The summed E-state index contributed by atoms with van der Waals surface area (Å²) in [5, 5.41) is 0. The Morgan fingerprint density at radius 1 is 1.17 bits per heavy atom. The van der Waals surface area contributed by atoms with E-state index in [4.69, 9.17) is 9.47 Å².